The van der Waals surface area contributed by atoms with Crippen LogP contribution >= 0.6 is 23.2 Å². The zero-order chi connectivity index (χ0) is 17.1. The monoisotopic (exact) mass is 366 g/mol. The summed E-state index contributed by atoms with van der Waals surface area (Å²) in [7, 11) is 3.86. The van der Waals surface area contributed by atoms with E-state index in [-0.39, 0.29) is 6.10 Å². The molecule has 3 rings (SSSR count). The van der Waals surface area contributed by atoms with Crippen LogP contribution in [0.15, 0.2) is 30.6 Å². The van der Waals surface area contributed by atoms with E-state index in [2.05, 4.69) is 14.9 Å². The van der Waals surface area contributed by atoms with Crippen molar-refractivity contribution in [2.75, 3.05) is 38.7 Å². The van der Waals surface area contributed by atoms with Crippen molar-refractivity contribution in [1.82, 2.24) is 14.9 Å². The minimum absolute atomic E-state index is 0.00418. The van der Waals surface area contributed by atoms with Gasteiger partial charge in [0, 0.05) is 51.7 Å². The van der Waals surface area contributed by atoms with Crippen molar-refractivity contribution < 1.29 is 4.74 Å². The Hall–Kier alpha value is -1.40. The summed E-state index contributed by atoms with van der Waals surface area (Å²) in [5, 5.41) is 1.12. The van der Waals surface area contributed by atoms with Gasteiger partial charge >= 0.3 is 0 Å². The molecule has 0 bridgehead atoms. The summed E-state index contributed by atoms with van der Waals surface area (Å²) in [6.07, 6.45) is 3.76. The molecule has 1 aliphatic rings. The zero-order valence-electron chi connectivity index (χ0n) is 13.7. The quantitative estimate of drug-likeness (QED) is 0.828. The molecule has 1 atom stereocenters. The largest absolute Gasteiger partial charge is 0.371 e. The second-order valence-corrected chi connectivity index (χ2v) is 6.87. The highest BCUT2D eigenvalue weighted by Crippen LogP contribution is 2.29. The maximum atomic E-state index is 6.12. The Balaban J connectivity index is 1.65. The predicted octanol–water partition coefficient (Wildman–Crippen LogP) is 3.42. The molecular weight excluding hydrogens is 347 g/mol. The molecule has 1 aromatic heterocycles. The molecule has 0 N–H and O–H groups in total. The van der Waals surface area contributed by atoms with Gasteiger partial charge in [0.25, 0.3) is 0 Å². The van der Waals surface area contributed by atoms with Gasteiger partial charge in [-0.25, -0.2) is 9.97 Å². The van der Waals surface area contributed by atoms with Crippen LogP contribution in [0.2, 0.25) is 10.0 Å². The number of morpholine rings is 1. The fourth-order valence-corrected chi connectivity index (χ4v) is 2.99. The van der Waals surface area contributed by atoms with Crippen LogP contribution in [0.25, 0.3) is 0 Å². The number of ether oxygens (including phenoxy) is 1. The van der Waals surface area contributed by atoms with Crippen LogP contribution in [0.4, 0.5) is 5.95 Å². The third kappa shape index (κ3) is 4.16. The number of hydrogen-bond donors (Lipinski definition) is 0. The van der Waals surface area contributed by atoms with E-state index in [0.29, 0.717) is 16.7 Å². The molecular formula is C17H20Cl2N4O. The molecule has 0 saturated carbocycles. The number of nitrogens with zero attached hydrogens (tertiary/aromatic N) is 4. The number of rotatable bonds is 4. The van der Waals surface area contributed by atoms with Gasteiger partial charge in [0.05, 0.1) is 22.8 Å². The van der Waals surface area contributed by atoms with E-state index in [1.807, 2.05) is 49.6 Å². The number of benzene rings is 1. The molecule has 0 amide bonds. The van der Waals surface area contributed by atoms with Crippen molar-refractivity contribution in [2.24, 2.45) is 0 Å². The minimum Gasteiger partial charge on any atom is -0.371 e. The van der Waals surface area contributed by atoms with Crippen LogP contribution < -0.4 is 4.90 Å². The molecule has 7 heteroatoms. The van der Waals surface area contributed by atoms with Crippen LogP contribution in [0.1, 0.15) is 17.2 Å². The van der Waals surface area contributed by atoms with Gasteiger partial charge in [0.15, 0.2) is 0 Å². The van der Waals surface area contributed by atoms with Crippen molar-refractivity contribution in [1.29, 1.82) is 0 Å². The van der Waals surface area contributed by atoms with Gasteiger partial charge in [-0.2, -0.15) is 0 Å². The van der Waals surface area contributed by atoms with Crippen molar-refractivity contribution in [3.63, 3.8) is 0 Å². The topological polar surface area (TPSA) is 41.5 Å². The van der Waals surface area contributed by atoms with Gasteiger partial charge in [-0.3, -0.25) is 4.90 Å². The van der Waals surface area contributed by atoms with Gasteiger partial charge in [-0.15, -0.1) is 0 Å². The van der Waals surface area contributed by atoms with E-state index in [9.17, 15) is 0 Å². The van der Waals surface area contributed by atoms with E-state index in [0.717, 1.165) is 36.7 Å². The first kappa shape index (κ1) is 17.4. The lowest BCUT2D eigenvalue weighted by Gasteiger charge is -2.33. The van der Waals surface area contributed by atoms with E-state index < -0.39 is 0 Å². The van der Waals surface area contributed by atoms with E-state index in [1.165, 1.54) is 0 Å². The number of anilines is 1. The Morgan fingerprint density at radius 1 is 1.21 bits per heavy atom. The molecule has 1 aromatic carbocycles. The molecule has 0 spiro atoms. The molecule has 24 heavy (non-hydrogen) atoms. The fourth-order valence-electron chi connectivity index (χ4n) is 2.68. The highest BCUT2D eigenvalue weighted by Gasteiger charge is 2.22. The molecule has 0 unspecified atom stereocenters. The first-order chi connectivity index (χ1) is 11.5. The molecule has 1 saturated heterocycles. The zero-order valence-corrected chi connectivity index (χ0v) is 15.3. The normalized spacial score (nSPS) is 18.6. The number of aromatic nitrogens is 2. The SMILES string of the molecule is CN(C)c1ncc(CN2CCO[C@@H](c3ccc(Cl)c(Cl)c3)C2)cn1. The summed E-state index contributed by atoms with van der Waals surface area (Å²) in [6, 6.07) is 5.67. The second kappa shape index (κ2) is 7.66. The van der Waals surface area contributed by atoms with Crippen LogP contribution in [0, 0.1) is 0 Å². The first-order valence-corrected chi connectivity index (χ1v) is 8.55. The Labute approximate surface area is 152 Å². The standard InChI is InChI=1S/C17H20Cl2N4O/c1-22(2)17-20-8-12(9-21-17)10-23-5-6-24-16(11-23)13-3-4-14(18)15(19)7-13/h3-4,7-9,16H,5-6,10-11H2,1-2H3/t16-/m1/s1. The Morgan fingerprint density at radius 3 is 2.62 bits per heavy atom. The average molecular weight is 367 g/mol. The van der Waals surface area contributed by atoms with Crippen LogP contribution in [0.3, 0.4) is 0 Å². The van der Waals surface area contributed by atoms with Gasteiger partial charge in [-0.05, 0) is 17.7 Å². The van der Waals surface area contributed by atoms with Crippen LogP contribution in [-0.4, -0.2) is 48.7 Å². The summed E-state index contributed by atoms with van der Waals surface area (Å²) in [4.78, 5) is 13.0. The van der Waals surface area contributed by atoms with Gasteiger partial charge < -0.3 is 9.64 Å². The highest BCUT2D eigenvalue weighted by atomic mass is 35.5. The Morgan fingerprint density at radius 2 is 1.96 bits per heavy atom. The van der Waals surface area contributed by atoms with Gasteiger partial charge in [-0.1, -0.05) is 29.3 Å². The average Bonchev–Trinajstić information content (AvgIpc) is 2.58. The summed E-state index contributed by atoms with van der Waals surface area (Å²) >= 11 is 12.1. The lowest BCUT2D eigenvalue weighted by molar-refractivity contribution is -0.0329. The van der Waals surface area contributed by atoms with Crippen LogP contribution in [0.5, 0.6) is 0 Å². The second-order valence-electron chi connectivity index (χ2n) is 6.05. The van der Waals surface area contributed by atoms with Crippen LogP contribution in [-0.2, 0) is 11.3 Å². The van der Waals surface area contributed by atoms with E-state index >= 15 is 0 Å². The summed E-state index contributed by atoms with van der Waals surface area (Å²) < 4.78 is 5.90. The third-order valence-electron chi connectivity index (χ3n) is 3.96. The maximum Gasteiger partial charge on any atom is 0.224 e. The lowest BCUT2D eigenvalue weighted by Crippen LogP contribution is -2.37. The molecule has 1 aliphatic heterocycles. The minimum atomic E-state index is -0.00418. The highest BCUT2D eigenvalue weighted by molar-refractivity contribution is 6.42. The Bertz CT molecular complexity index is 693. The maximum absolute atomic E-state index is 6.12. The molecule has 2 heterocycles. The fraction of sp³-hybridized carbons (Fsp3) is 0.412. The van der Waals surface area contributed by atoms with E-state index in [4.69, 9.17) is 27.9 Å². The summed E-state index contributed by atoms with van der Waals surface area (Å²) in [5.41, 5.74) is 2.14. The molecule has 0 aliphatic carbocycles. The van der Waals surface area contributed by atoms with E-state index in [1.54, 1.807) is 0 Å². The van der Waals surface area contributed by atoms with Crippen molar-refractivity contribution >= 4 is 29.2 Å². The smallest absolute Gasteiger partial charge is 0.224 e. The molecule has 0 radical (unpaired) electrons. The molecule has 128 valence electrons. The van der Waals surface area contributed by atoms with Crippen molar-refractivity contribution in [3.05, 3.63) is 51.8 Å². The number of halogens is 2. The molecule has 5 nitrogen and oxygen atoms in total. The van der Waals surface area contributed by atoms with Gasteiger partial charge in [0.2, 0.25) is 5.95 Å². The summed E-state index contributed by atoms with van der Waals surface area (Å²) in [6.45, 7) is 3.16. The first-order valence-electron chi connectivity index (χ1n) is 7.80. The van der Waals surface area contributed by atoms with Crippen molar-refractivity contribution in [2.45, 2.75) is 12.6 Å². The predicted molar refractivity (Wildman–Crippen MR) is 96.8 cm³/mol. The third-order valence-corrected chi connectivity index (χ3v) is 4.70. The Kier molecular flexibility index (Phi) is 5.56. The van der Waals surface area contributed by atoms with Gasteiger partial charge in [0.1, 0.15) is 0 Å². The molecule has 1 fully saturated rings. The van der Waals surface area contributed by atoms with Crippen molar-refractivity contribution in [3.8, 4) is 0 Å². The summed E-state index contributed by atoms with van der Waals surface area (Å²) in [5.74, 6) is 0.717. The lowest BCUT2D eigenvalue weighted by atomic mass is 10.1. The molecule has 2 aromatic rings. The number of hydrogen-bond acceptors (Lipinski definition) is 5.